The fraction of sp³-hybridized carbons (Fsp3) is 0.240. The topological polar surface area (TPSA) is 167 Å². The molecule has 0 spiro atoms. The Morgan fingerprint density at radius 1 is 1.11 bits per heavy atom. The zero-order chi connectivity index (χ0) is 27.8. The minimum absolute atomic E-state index is 0.00796. The maximum absolute atomic E-state index is 14.3. The molecule has 0 fully saturated rings. The Labute approximate surface area is 221 Å². The molecule has 3 rings (SSSR count). The Balaban J connectivity index is 2.15. The number of anilines is 2. The first-order valence-electron chi connectivity index (χ1n) is 11.5. The van der Waals surface area contributed by atoms with Gasteiger partial charge in [-0.2, -0.15) is 4.37 Å². The Morgan fingerprint density at radius 2 is 1.82 bits per heavy atom. The number of nitrogens with two attached hydrogens (primary N) is 2. The number of amides is 3. The van der Waals surface area contributed by atoms with E-state index in [4.69, 9.17) is 20.9 Å². The Bertz CT molecular complexity index is 1330. The van der Waals surface area contributed by atoms with Gasteiger partial charge in [-0.25, -0.2) is 4.39 Å². The van der Waals surface area contributed by atoms with Crippen molar-refractivity contribution in [2.45, 2.75) is 19.9 Å². The van der Waals surface area contributed by atoms with Gasteiger partial charge in [0.25, 0.3) is 11.8 Å². The molecule has 1 aromatic heterocycles. The van der Waals surface area contributed by atoms with E-state index in [1.54, 1.807) is 31.2 Å². The van der Waals surface area contributed by atoms with Crippen molar-refractivity contribution in [1.29, 1.82) is 0 Å². The van der Waals surface area contributed by atoms with E-state index in [-0.39, 0.29) is 28.6 Å². The molecule has 0 radical (unpaired) electrons. The smallest absolute Gasteiger partial charge is 0.325 e. The zero-order valence-corrected chi connectivity index (χ0v) is 21.4. The van der Waals surface area contributed by atoms with Crippen molar-refractivity contribution in [3.05, 3.63) is 70.5 Å². The van der Waals surface area contributed by atoms with E-state index in [2.05, 4.69) is 9.69 Å². The van der Waals surface area contributed by atoms with Gasteiger partial charge < -0.3 is 26.3 Å². The van der Waals surface area contributed by atoms with Crippen LogP contribution in [0.3, 0.4) is 0 Å². The number of ether oxygens (including phenoxy) is 2. The third-order valence-corrected chi connectivity index (χ3v) is 6.04. The molecular weight excluding hydrogens is 517 g/mol. The molecule has 3 aromatic rings. The Hall–Kier alpha value is -4.52. The maximum atomic E-state index is 14.3. The molecule has 3 amide bonds. The van der Waals surface area contributed by atoms with Gasteiger partial charge >= 0.3 is 5.97 Å². The number of nitrogens with one attached hydrogen (secondary N) is 1. The molecule has 0 aliphatic carbocycles. The molecule has 0 aliphatic rings. The number of rotatable bonds is 11. The fourth-order valence-corrected chi connectivity index (χ4v) is 4.29. The molecule has 1 heterocycles. The SMILES string of the molecule is CCOC(=O)CNC(=O)C(c1ccc(OCC)cc1)N(C(=O)c1snc(C(N)=O)c1N)c1cccc(F)c1. The lowest BCUT2D eigenvalue weighted by Crippen LogP contribution is -2.45. The first-order valence-corrected chi connectivity index (χ1v) is 12.2. The summed E-state index contributed by atoms with van der Waals surface area (Å²) in [7, 11) is 0. The van der Waals surface area contributed by atoms with Crippen molar-refractivity contribution >= 4 is 46.6 Å². The summed E-state index contributed by atoms with van der Waals surface area (Å²) in [5.41, 5.74) is 11.0. The number of esters is 1. The third kappa shape index (κ3) is 6.42. The van der Waals surface area contributed by atoms with Gasteiger partial charge in [0.2, 0.25) is 5.91 Å². The van der Waals surface area contributed by atoms with Crippen LogP contribution in [0.4, 0.5) is 15.8 Å². The quantitative estimate of drug-likeness (QED) is 0.310. The van der Waals surface area contributed by atoms with Gasteiger partial charge in [0.1, 0.15) is 29.0 Å². The van der Waals surface area contributed by atoms with Gasteiger partial charge in [-0.15, -0.1) is 0 Å². The largest absolute Gasteiger partial charge is 0.494 e. The first kappa shape index (κ1) is 28.1. The van der Waals surface area contributed by atoms with Gasteiger partial charge in [0.05, 0.1) is 18.9 Å². The van der Waals surface area contributed by atoms with Crippen LogP contribution in [-0.2, 0) is 14.3 Å². The van der Waals surface area contributed by atoms with Gasteiger partial charge in [-0.05, 0) is 61.3 Å². The molecule has 38 heavy (non-hydrogen) atoms. The normalized spacial score (nSPS) is 11.3. The zero-order valence-electron chi connectivity index (χ0n) is 20.6. The number of benzene rings is 2. The average Bonchev–Trinajstić information content (AvgIpc) is 3.28. The Morgan fingerprint density at radius 3 is 2.39 bits per heavy atom. The van der Waals surface area contributed by atoms with Crippen LogP contribution in [-0.4, -0.2) is 47.8 Å². The Kier molecular flexibility index (Phi) is 9.33. The molecule has 0 saturated heterocycles. The van der Waals surface area contributed by atoms with Crippen molar-refractivity contribution in [2.24, 2.45) is 5.73 Å². The van der Waals surface area contributed by atoms with Crippen molar-refractivity contribution in [3.63, 3.8) is 0 Å². The predicted molar refractivity (Wildman–Crippen MR) is 138 cm³/mol. The molecule has 1 atom stereocenters. The van der Waals surface area contributed by atoms with Crippen molar-refractivity contribution < 1.29 is 33.0 Å². The first-order chi connectivity index (χ1) is 18.2. The molecule has 11 nitrogen and oxygen atoms in total. The number of halogens is 1. The van der Waals surface area contributed by atoms with Crippen molar-refractivity contribution in [1.82, 2.24) is 9.69 Å². The minimum atomic E-state index is -1.41. The molecule has 200 valence electrons. The van der Waals surface area contributed by atoms with Crippen LogP contribution in [0.25, 0.3) is 0 Å². The second kappa shape index (κ2) is 12.6. The molecule has 1 unspecified atom stereocenters. The minimum Gasteiger partial charge on any atom is -0.494 e. The fourth-order valence-electron chi connectivity index (χ4n) is 3.55. The van der Waals surface area contributed by atoms with Gasteiger partial charge in [0.15, 0.2) is 5.69 Å². The molecule has 0 bridgehead atoms. The molecule has 2 aromatic carbocycles. The van der Waals surface area contributed by atoms with Crippen molar-refractivity contribution in [3.8, 4) is 5.75 Å². The summed E-state index contributed by atoms with van der Waals surface area (Å²) in [5.74, 6) is -3.39. The number of aromatic nitrogens is 1. The highest BCUT2D eigenvalue weighted by Gasteiger charge is 2.36. The third-order valence-electron chi connectivity index (χ3n) is 5.19. The summed E-state index contributed by atoms with van der Waals surface area (Å²) in [4.78, 5) is 51.9. The highest BCUT2D eigenvalue weighted by Crippen LogP contribution is 2.34. The monoisotopic (exact) mass is 543 g/mol. The number of nitrogens with zero attached hydrogens (tertiary/aromatic N) is 2. The van der Waals surface area contributed by atoms with Crippen LogP contribution in [0, 0.1) is 5.82 Å². The van der Waals surface area contributed by atoms with E-state index in [1.165, 1.54) is 18.2 Å². The van der Waals surface area contributed by atoms with Gasteiger partial charge in [-0.3, -0.25) is 24.1 Å². The number of nitrogen functional groups attached to an aromatic ring is 1. The number of primary amides is 1. The van der Waals surface area contributed by atoms with Crippen molar-refractivity contribution in [2.75, 3.05) is 30.4 Å². The molecule has 0 aliphatic heterocycles. The summed E-state index contributed by atoms with van der Waals surface area (Å²) < 4.78 is 28.5. The standard InChI is InChI=1S/C25H26FN5O6S/c1-3-36-17-10-8-14(9-11-17)21(24(34)29-13-18(32)37-4-2)31(16-7-5-6-15(26)12-16)25(35)22-19(27)20(23(28)33)30-38-22/h5-12,21H,3-4,13,27H2,1-2H3,(H2,28,33)(H,29,34). The second-order valence-corrected chi connectivity index (χ2v) is 8.49. The second-order valence-electron chi connectivity index (χ2n) is 7.72. The van der Waals surface area contributed by atoms with Crippen LogP contribution >= 0.6 is 11.5 Å². The molecular formula is C25H26FN5O6S. The summed E-state index contributed by atoms with van der Waals surface area (Å²) >= 11 is 0.611. The highest BCUT2D eigenvalue weighted by atomic mass is 32.1. The summed E-state index contributed by atoms with van der Waals surface area (Å²) in [6, 6.07) is 9.93. The molecule has 13 heteroatoms. The highest BCUT2D eigenvalue weighted by molar-refractivity contribution is 7.09. The number of carbonyl (C=O) groups is 4. The van der Waals surface area contributed by atoms with Gasteiger partial charge in [0, 0.05) is 5.69 Å². The lowest BCUT2D eigenvalue weighted by Gasteiger charge is -2.31. The van der Waals surface area contributed by atoms with E-state index in [9.17, 15) is 23.6 Å². The summed E-state index contributed by atoms with van der Waals surface area (Å²) in [6.45, 7) is 3.47. The number of hydrogen-bond donors (Lipinski definition) is 3. The van der Waals surface area contributed by atoms with Crippen LogP contribution in [0.5, 0.6) is 5.75 Å². The maximum Gasteiger partial charge on any atom is 0.325 e. The van der Waals surface area contributed by atoms with Gasteiger partial charge in [-0.1, -0.05) is 18.2 Å². The molecule has 0 saturated carbocycles. The van der Waals surface area contributed by atoms with Crippen LogP contribution in [0.2, 0.25) is 0 Å². The predicted octanol–water partition coefficient (Wildman–Crippen LogP) is 2.43. The van der Waals surface area contributed by atoms with E-state index < -0.39 is 42.1 Å². The summed E-state index contributed by atoms with van der Waals surface area (Å²) in [6.07, 6.45) is 0. The van der Waals surface area contributed by atoms with Crippen LogP contribution in [0.1, 0.15) is 45.6 Å². The lowest BCUT2D eigenvalue weighted by atomic mass is 10.0. The van der Waals surface area contributed by atoms with E-state index in [1.807, 2.05) is 6.92 Å². The summed E-state index contributed by atoms with van der Waals surface area (Å²) in [5, 5.41) is 2.46. The number of carbonyl (C=O) groups excluding carboxylic acids is 4. The molecule has 5 N–H and O–H groups in total. The van der Waals surface area contributed by atoms with E-state index >= 15 is 0 Å². The van der Waals surface area contributed by atoms with Crippen LogP contribution in [0.15, 0.2) is 48.5 Å². The van der Waals surface area contributed by atoms with E-state index in [0.717, 1.165) is 11.0 Å². The lowest BCUT2D eigenvalue weighted by molar-refractivity contribution is -0.143. The van der Waals surface area contributed by atoms with E-state index in [0.29, 0.717) is 29.5 Å². The number of hydrogen-bond acceptors (Lipinski definition) is 9. The average molecular weight is 544 g/mol. The van der Waals surface area contributed by atoms with Crippen LogP contribution < -0.4 is 26.4 Å².